The molecule has 1 aromatic rings. The van der Waals surface area contributed by atoms with E-state index in [0.29, 0.717) is 0 Å². The van der Waals surface area contributed by atoms with Crippen molar-refractivity contribution in [1.29, 1.82) is 0 Å². The molecule has 0 saturated carbocycles. The van der Waals surface area contributed by atoms with Gasteiger partial charge in [-0.3, -0.25) is 5.43 Å². The number of nitrogens with zero attached hydrogens (tertiary/aromatic N) is 2. The lowest BCUT2D eigenvalue weighted by atomic mass is 10.2. The van der Waals surface area contributed by atoms with E-state index in [9.17, 15) is 0 Å². The van der Waals surface area contributed by atoms with E-state index in [4.69, 9.17) is 0 Å². The Bertz CT molecular complexity index is 345. The molecule has 1 aliphatic rings. The molecule has 0 radical (unpaired) electrons. The van der Waals surface area contributed by atoms with Gasteiger partial charge in [-0.1, -0.05) is 24.6 Å². The van der Waals surface area contributed by atoms with E-state index >= 15 is 0 Å². The number of amidine groups is 1. The Morgan fingerprint density at radius 2 is 1.94 bits per heavy atom. The van der Waals surface area contributed by atoms with Crippen molar-refractivity contribution in [3.63, 3.8) is 0 Å². The first-order valence-electron chi connectivity index (χ1n) is 5.95. The largest absolute Gasteiger partial charge is 0.362 e. The molecule has 0 atom stereocenters. The summed E-state index contributed by atoms with van der Waals surface area (Å²) in [5.41, 5.74) is 4.17. The van der Waals surface area contributed by atoms with Crippen LogP contribution in [-0.2, 0) is 0 Å². The van der Waals surface area contributed by atoms with Gasteiger partial charge in [-0.15, -0.1) is 0 Å². The highest BCUT2D eigenvalue weighted by molar-refractivity contribution is 5.83. The fraction of sp³-hybridized carbons (Fsp3) is 0.462. The molecule has 2 rings (SSSR count). The average molecular weight is 217 g/mol. The monoisotopic (exact) mass is 217 g/mol. The van der Waals surface area contributed by atoms with Gasteiger partial charge < -0.3 is 4.90 Å². The molecule has 0 unspecified atom stereocenters. The highest BCUT2D eigenvalue weighted by atomic mass is 15.3. The van der Waals surface area contributed by atoms with E-state index in [-0.39, 0.29) is 0 Å². The Labute approximate surface area is 97.2 Å². The van der Waals surface area contributed by atoms with Crippen LogP contribution in [0.5, 0.6) is 0 Å². The zero-order valence-electron chi connectivity index (χ0n) is 9.82. The Hall–Kier alpha value is -1.51. The second-order valence-electron chi connectivity index (χ2n) is 4.24. The SMILES string of the molecule is CN1CCCCC/C1=N\Nc1ccccc1. The maximum Gasteiger partial charge on any atom is 0.124 e. The average Bonchev–Trinajstić information content (AvgIpc) is 2.53. The molecule has 0 aliphatic carbocycles. The molecule has 3 nitrogen and oxygen atoms in total. The molecule has 0 amide bonds. The third-order valence-electron chi connectivity index (χ3n) is 2.92. The number of likely N-dealkylation sites (tertiary alicyclic amines) is 1. The van der Waals surface area contributed by atoms with Gasteiger partial charge in [0.05, 0.1) is 5.69 Å². The van der Waals surface area contributed by atoms with E-state index in [0.717, 1.165) is 18.7 Å². The van der Waals surface area contributed by atoms with Crippen LogP contribution in [0.3, 0.4) is 0 Å². The first-order chi connectivity index (χ1) is 7.86. The summed E-state index contributed by atoms with van der Waals surface area (Å²) < 4.78 is 0. The number of para-hydroxylation sites is 1. The van der Waals surface area contributed by atoms with Crippen molar-refractivity contribution in [3.05, 3.63) is 30.3 Å². The highest BCUT2D eigenvalue weighted by Crippen LogP contribution is 2.12. The van der Waals surface area contributed by atoms with Crippen molar-refractivity contribution in [2.24, 2.45) is 5.10 Å². The van der Waals surface area contributed by atoms with Crippen molar-refractivity contribution < 1.29 is 0 Å². The maximum absolute atomic E-state index is 4.49. The minimum absolute atomic E-state index is 1.05. The molecule has 0 bridgehead atoms. The third kappa shape index (κ3) is 2.99. The smallest absolute Gasteiger partial charge is 0.124 e. The van der Waals surface area contributed by atoms with E-state index < -0.39 is 0 Å². The molecule has 0 spiro atoms. The van der Waals surface area contributed by atoms with Gasteiger partial charge in [0.2, 0.25) is 0 Å². The van der Waals surface area contributed by atoms with E-state index in [2.05, 4.69) is 22.5 Å². The van der Waals surface area contributed by atoms with E-state index in [1.165, 1.54) is 25.1 Å². The number of anilines is 1. The molecule has 1 fully saturated rings. The first kappa shape index (κ1) is 11.0. The Morgan fingerprint density at radius 3 is 2.75 bits per heavy atom. The van der Waals surface area contributed by atoms with Crippen molar-refractivity contribution in [2.75, 3.05) is 19.0 Å². The Balaban J connectivity index is 2.00. The lowest BCUT2D eigenvalue weighted by Gasteiger charge is -2.17. The number of rotatable bonds is 2. The second kappa shape index (κ2) is 5.54. The van der Waals surface area contributed by atoms with Crippen LogP contribution < -0.4 is 5.43 Å². The van der Waals surface area contributed by atoms with Crippen molar-refractivity contribution in [3.8, 4) is 0 Å². The topological polar surface area (TPSA) is 27.6 Å². The van der Waals surface area contributed by atoms with Crippen molar-refractivity contribution in [1.82, 2.24) is 4.90 Å². The molecule has 1 heterocycles. The first-order valence-corrected chi connectivity index (χ1v) is 5.95. The number of hydrogen-bond donors (Lipinski definition) is 1. The van der Waals surface area contributed by atoms with Crippen LogP contribution in [0.15, 0.2) is 35.4 Å². The Morgan fingerprint density at radius 1 is 1.12 bits per heavy atom. The molecule has 86 valence electrons. The summed E-state index contributed by atoms with van der Waals surface area (Å²) in [4.78, 5) is 2.25. The van der Waals surface area contributed by atoms with Gasteiger partial charge in [-0.2, -0.15) is 5.10 Å². The molecule has 16 heavy (non-hydrogen) atoms. The second-order valence-corrected chi connectivity index (χ2v) is 4.24. The van der Waals surface area contributed by atoms with Crippen LogP contribution in [0.4, 0.5) is 5.69 Å². The van der Waals surface area contributed by atoms with Gasteiger partial charge in [0.15, 0.2) is 0 Å². The quantitative estimate of drug-likeness (QED) is 0.771. The molecule has 1 saturated heterocycles. The van der Waals surface area contributed by atoms with Gasteiger partial charge >= 0.3 is 0 Å². The number of benzene rings is 1. The number of hydrazone groups is 1. The summed E-state index contributed by atoms with van der Waals surface area (Å²) >= 11 is 0. The Kier molecular flexibility index (Phi) is 3.81. The normalized spacial score (nSPS) is 19.6. The number of hydrogen-bond acceptors (Lipinski definition) is 2. The van der Waals surface area contributed by atoms with Crippen LogP contribution in [0.2, 0.25) is 0 Å². The fourth-order valence-electron chi connectivity index (χ4n) is 1.91. The molecule has 1 N–H and O–H groups in total. The fourth-order valence-corrected chi connectivity index (χ4v) is 1.91. The minimum Gasteiger partial charge on any atom is -0.362 e. The molecular formula is C13H19N3. The third-order valence-corrected chi connectivity index (χ3v) is 2.92. The van der Waals surface area contributed by atoms with Crippen LogP contribution in [0, 0.1) is 0 Å². The van der Waals surface area contributed by atoms with Gasteiger partial charge in [-0.25, -0.2) is 0 Å². The minimum atomic E-state index is 1.05. The van der Waals surface area contributed by atoms with Crippen molar-refractivity contribution >= 4 is 11.5 Å². The van der Waals surface area contributed by atoms with E-state index in [1.54, 1.807) is 0 Å². The summed E-state index contributed by atoms with van der Waals surface area (Å²) in [6, 6.07) is 10.1. The molecule has 0 aromatic heterocycles. The van der Waals surface area contributed by atoms with Crippen LogP contribution in [0.1, 0.15) is 25.7 Å². The van der Waals surface area contributed by atoms with Gasteiger partial charge in [0.1, 0.15) is 5.84 Å². The summed E-state index contributed by atoms with van der Waals surface area (Å²) in [7, 11) is 2.12. The standard InChI is InChI=1S/C13H19N3/c1-16-11-7-3-6-10-13(16)15-14-12-8-4-2-5-9-12/h2,4-5,8-9,14H,3,6-7,10-11H2,1H3/b15-13+. The lowest BCUT2D eigenvalue weighted by Crippen LogP contribution is -2.26. The summed E-state index contributed by atoms with van der Waals surface area (Å²) in [5, 5.41) is 4.49. The van der Waals surface area contributed by atoms with Crippen LogP contribution in [0.25, 0.3) is 0 Å². The molecule has 1 aliphatic heterocycles. The zero-order valence-corrected chi connectivity index (χ0v) is 9.82. The number of nitrogens with one attached hydrogen (secondary N) is 1. The zero-order chi connectivity index (χ0) is 11.2. The maximum atomic E-state index is 4.49. The molecule has 3 heteroatoms. The summed E-state index contributed by atoms with van der Waals surface area (Å²) in [6.45, 7) is 1.12. The summed E-state index contributed by atoms with van der Waals surface area (Å²) in [5.74, 6) is 1.17. The van der Waals surface area contributed by atoms with Gasteiger partial charge in [-0.05, 0) is 25.0 Å². The van der Waals surface area contributed by atoms with E-state index in [1.807, 2.05) is 30.3 Å². The molecular weight excluding hydrogens is 198 g/mol. The van der Waals surface area contributed by atoms with Gasteiger partial charge in [0.25, 0.3) is 0 Å². The lowest BCUT2D eigenvalue weighted by molar-refractivity contribution is 0.493. The predicted molar refractivity (Wildman–Crippen MR) is 68.6 cm³/mol. The summed E-state index contributed by atoms with van der Waals surface area (Å²) in [6.07, 6.45) is 4.92. The highest BCUT2D eigenvalue weighted by Gasteiger charge is 2.10. The molecule has 1 aromatic carbocycles. The van der Waals surface area contributed by atoms with Crippen molar-refractivity contribution in [2.45, 2.75) is 25.7 Å². The predicted octanol–water partition coefficient (Wildman–Crippen LogP) is 2.92. The van der Waals surface area contributed by atoms with Gasteiger partial charge in [0, 0.05) is 20.0 Å². The van der Waals surface area contributed by atoms with Crippen LogP contribution in [-0.4, -0.2) is 24.3 Å². The van der Waals surface area contributed by atoms with Crippen LogP contribution >= 0.6 is 0 Å².